The van der Waals surface area contributed by atoms with Gasteiger partial charge in [0.15, 0.2) is 0 Å². The second kappa shape index (κ2) is 10.5. The van der Waals surface area contributed by atoms with Crippen LogP contribution in [-0.4, -0.2) is 35.3 Å². The van der Waals surface area contributed by atoms with E-state index in [4.69, 9.17) is 15.2 Å². The average Bonchev–Trinajstić information content (AvgIpc) is 2.63. The Labute approximate surface area is 168 Å². The third kappa shape index (κ3) is 7.79. The summed E-state index contributed by atoms with van der Waals surface area (Å²) in [5, 5.41) is 29.4. The number of hydrogen-bond donors (Lipinski definition) is 5. The van der Waals surface area contributed by atoms with Gasteiger partial charge in [-0.15, -0.1) is 0 Å². The maximum atomic E-state index is 10.5. The predicted molar refractivity (Wildman–Crippen MR) is 105 cm³/mol. The Bertz CT molecular complexity index is 979. The van der Waals surface area contributed by atoms with Crippen molar-refractivity contribution >= 4 is 43.9 Å². The standard InChI is InChI=1S/C8H8BrN5O3.C7H8O3S/c9-7-2-1-6(14(16)17)3-5(7)4-11-12-8(10)13-15;1-6-2-4-7(5-3-6)11(8,9)10/h1-4,15H,(H3,10,12,13);2-5H,1H3,(H,8,9,10). The van der Waals surface area contributed by atoms with Crippen LogP contribution in [0.5, 0.6) is 0 Å². The molecule has 0 aliphatic heterocycles. The molecule has 0 radical (unpaired) electrons. The van der Waals surface area contributed by atoms with Gasteiger partial charge in [-0.25, -0.2) is 10.9 Å². The zero-order valence-electron chi connectivity index (χ0n) is 14.3. The van der Waals surface area contributed by atoms with E-state index in [1.54, 1.807) is 12.1 Å². The Kier molecular flexibility index (Phi) is 8.66. The summed E-state index contributed by atoms with van der Waals surface area (Å²) in [6.07, 6.45) is 1.28. The van der Waals surface area contributed by atoms with E-state index in [1.165, 1.54) is 42.0 Å². The monoisotopic (exact) mass is 473 g/mol. The molecule has 0 saturated heterocycles. The second-order valence-corrected chi connectivity index (χ2v) is 7.38. The maximum absolute atomic E-state index is 10.5. The molecule has 0 heterocycles. The molecule has 2 aromatic rings. The lowest BCUT2D eigenvalue weighted by Gasteiger charge is -2.00. The smallest absolute Gasteiger partial charge is 0.288 e. The first-order valence-corrected chi connectivity index (χ1v) is 9.53. The largest absolute Gasteiger partial charge is 0.294 e. The number of nitrogens with one attached hydrogen (secondary N) is 3. The van der Waals surface area contributed by atoms with E-state index in [9.17, 15) is 18.5 Å². The van der Waals surface area contributed by atoms with Gasteiger partial charge in [0.2, 0.25) is 5.96 Å². The highest BCUT2D eigenvalue weighted by Gasteiger charge is 2.08. The third-order valence-corrected chi connectivity index (χ3v) is 4.59. The van der Waals surface area contributed by atoms with Crippen LogP contribution >= 0.6 is 15.9 Å². The quantitative estimate of drug-likeness (QED) is 0.147. The van der Waals surface area contributed by atoms with E-state index < -0.39 is 21.0 Å². The van der Waals surface area contributed by atoms with Crippen molar-refractivity contribution in [1.82, 2.24) is 10.9 Å². The molecule has 0 atom stereocenters. The number of non-ortho nitro benzene ring substituents is 1. The fourth-order valence-corrected chi connectivity index (χ4v) is 2.47. The van der Waals surface area contributed by atoms with E-state index in [0.29, 0.717) is 10.0 Å². The van der Waals surface area contributed by atoms with Crippen molar-refractivity contribution in [2.75, 3.05) is 0 Å². The summed E-state index contributed by atoms with van der Waals surface area (Å²) < 4.78 is 30.2. The van der Waals surface area contributed by atoms with Gasteiger partial charge in [-0.3, -0.25) is 25.3 Å². The summed E-state index contributed by atoms with van der Waals surface area (Å²) in [4.78, 5) is 9.96. The minimum Gasteiger partial charge on any atom is -0.288 e. The number of guanidine groups is 1. The topological polar surface area (TPSA) is 178 Å². The molecule has 2 aromatic carbocycles. The molecule has 0 fully saturated rings. The number of hydroxylamine groups is 1. The third-order valence-electron chi connectivity index (χ3n) is 3.00. The molecular formula is C15H16BrN5O6S. The average molecular weight is 474 g/mol. The number of nitro benzene ring substituents is 1. The fraction of sp³-hybridized carbons (Fsp3) is 0.0667. The van der Waals surface area contributed by atoms with Crippen molar-refractivity contribution < 1.29 is 23.1 Å². The molecule has 5 N–H and O–H groups in total. The zero-order valence-corrected chi connectivity index (χ0v) is 16.7. The van der Waals surface area contributed by atoms with Crippen LogP contribution in [0.25, 0.3) is 0 Å². The minimum absolute atomic E-state index is 0.0648. The molecule has 0 aromatic heterocycles. The van der Waals surface area contributed by atoms with E-state index >= 15 is 0 Å². The highest BCUT2D eigenvalue weighted by atomic mass is 79.9. The first kappa shape index (κ1) is 23.2. The minimum atomic E-state index is -4.02. The summed E-state index contributed by atoms with van der Waals surface area (Å²) in [5.41, 5.74) is 5.05. The van der Waals surface area contributed by atoms with Gasteiger partial charge in [-0.1, -0.05) is 33.6 Å². The van der Waals surface area contributed by atoms with Crippen molar-refractivity contribution in [1.29, 1.82) is 5.41 Å². The van der Waals surface area contributed by atoms with Crippen LogP contribution < -0.4 is 10.9 Å². The van der Waals surface area contributed by atoms with Crippen LogP contribution in [0.1, 0.15) is 11.1 Å². The molecule has 28 heavy (non-hydrogen) atoms. The van der Waals surface area contributed by atoms with Gasteiger partial charge >= 0.3 is 0 Å². The van der Waals surface area contributed by atoms with Crippen molar-refractivity contribution in [3.05, 3.63) is 68.2 Å². The molecule has 0 bridgehead atoms. The number of rotatable bonds is 4. The number of benzene rings is 2. The molecule has 0 spiro atoms. The van der Waals surface area contributed by atoms with Crippen molar-refractivity contribution in [3.63, 3.8) is 0 Å². The van der Waals surface area contributed by atoms with Gasteiger partial charge in [0.05, 0.1) is 16.0 Å². The molecule has 0 amide bonds. The van der Waals surface area contributed by atoms with E-state index in [0.717, 1.165) is 5.56 Å². The summed E-state index contributed by atoms with van der Waals surface area (Å²) in [6.45, 7) is 1.84. The van der Waals surface area contributed by atoms with Crippen LogP contribution in [0, 0.1) is 22.4 Å². The summed E-state index contributed by atoms with van der Waals surface area (Å²) in [6, 6.07) is 10.2. The Morgan fingerprint density at radius 2 is 1.89 bits per heavy atom. The lowest BCUT2D eigenvalue weighted by atomic mass is 10.2. The highest BCUT2D eigenvalue weighted by molar-refractivity contribution is 9.10. The van der Waals surface area contributed by atoms with Gasteiger partial charge in [0.25, 0.3) is 15.8 Å². The van der Waals surface area contributed by atoms with Crippen molar-refractivity contribution in [2.45, 2.75) is 11.8 Å². The fourth-order valence-electron chi connectivity index (χ4n) is 1.65. The lowest BCUT2D eigenvalue weighted by Crippen LogP contribution is -2.30. The summed E-state index contributed by atoms with van der Waals surface area (Å²) >= 11 is 3.20. The number of hydrazone groups is 1. The molecular weight excluding hydrogens is 458 g/mol. The summed E-state index contributed by atoms with van der Waals surface area (Å²) in [5.74, 6) is -0.414. The second-order valence-electron chi connectivity index (χ2n) is 5.11. The number of nitro groups is 1. The van der Waals surface area contributed by atoms with Crippen LogP contribution in [-0.2, 0) is 10.1 Å². The number of nitrogens with zero attached hydrogens (tertiary/aromatic N) is 2. The Morgan fingerprint density at radius 1 is 1.29 bits per heavy atom. The number of halogens is 1. The van der Waals surface area contributed by atoms with Crippen molar-refractivity contribution in [2.24, 2.45) is 5.10 Å². The Balaban J connectivity index is 0.000000307. The summed E-state index contributed by atoms with van der Waals surface area (Å²) in [7, 11) is -4.02. The first-order valence-electron chi connectivity index (χ1n) is 7.30. The lowest BCUT2D eigenvalue weighted by molar-refractivity contribution is -0.384. The van der Waals surface area contributed by atoms with Gasteiger partial charge in [0, 0.05) is 22.2 Å². The van der Waals surface area contributed by atoms with Gasteiger partial charge < -0.3 is 0 Å². The first-order chi connectivity index (χ1) is 13.0. The normalized spacial score (nSPS) is 10.7. The van der Waals surface area contributed by atoms with Crippen LogP contribution in [0.4, 0.5) is 5.69 Å². The van der Waals surface area contributed by atoms with Gasteiger partial charge in [0.1, 0.15) is 0 Å². The molecule has 0 aliphatic carbocycles. The molecule has 2 rings (SSSR count). The zero-order chi connectivity index (χ0) is 21.3. The van der Waals surface area contributed by atoms with Gasteiger partial charge in [-0.2, -0.15) is 13.5 Å². The van der Waals surface area contributed by atoms with Gasteiger partial charge in [-0.05, 0) is 25.1 Å². The van der Waals surface area contributed by atoms with E-state index in [1.807, 2.05) is 6.92 Å². The number of aryl methyl sites for hydroxylation is 1. The Hall–Kier alpha value is -2.87. The van der Waals surface area contributed by atoms with Crippen LogP contribution in [0.15, 0.2) is 56.9 Å². The molecule has 0 saturated carbocycles. The molecule has 11 nitrogen and oxygen atoms in total. The number of hydrogen-bond acceptors (Lipinski definition) is 7. The Morgan fingerprint density at radius 3 is 2.39 bits per heavy atom. The van der Waals surface area contributed by atoms with Crippen molar-refractivity contribution in [3.8, 4) is 0 Å². The van der Waals surface area contributed by atoms with Crippen LogP contribution in [0.3, 0.4) is 0 Å². The molecule has 0 aliphatic rings. The molecule has 13 heteroatoms. The van der Waals surface area contributed by atoms with E-state index in [2.05, 4.69) is 26.5 Å². The SMILES string of the molecule is Cc1ccc(S(=O)(=O)O)cc1.N=C(NO)NN=Cc1cc([N+](=O)[O-])ccc1Br. The predicted octanol–water partition coefficient (Wildman–Crippen LogP) is 2.44. The maximum Gasteiger partial charge on any atom is 0.294 e. The van der Waals surface area contributed by atoms with E-state index in [-0.39, 0.29) is 10.6 Å². The molecule has 150 valence electrons. The van der Waals surface area contributed by atoms with Crippen LogP contribution in [0.2, 0.25) is 0 Å². The highest BCUT2D eigenvalue weighted by Crippen LogP contribution is 2.20. The molecule has 0 unspecified atom stereocenters.